The minimum absolute atomic E-state index is 0.478. The molecule has 0 spiro atoms. The van der Waals surface area contributed by atoms with E-state index < -0.39 is 37.6 Å². The summed E-state index contributed by atoms with van der Waals surface area (Å²) in [7, 11) is 0.690. The molecule has 0 saturated carbocycles. The molecule has 0 heterocycles. The number of carboxylic acid groups (broad SMARTS) is 1. The van der Waals surface area contributed by atoms with Crippen LogP contribution >= 0.6 is 10.7 Å². The minimum Gasteiger partial charge on any atom is -0.478 e. The normalized spacial score (nSPS) is 12.2. The number of benzene rings is 1. The summed E-state index contributed by atoms with van der Waals surface area (Å²) in [6.07, 6.45) is -5.09. The number of halogens is 4. The van der Waals surface area contributed by atoms with E-state index in [1.807, 2.05) is 0 Å². The Hall–Kier alpha value is -1.48. The molecular formula is C8H4ClF3O5S. The first kappa shape index (κ1) is 14.6. The lowest BCUT2D eigenvalue weighted by Gasteiger charge is -2.11. The van der Waals surface area contributed by atoms with Gasteiger partial charge in [-0.15, -0.1) is 13.2 Å². The number of rotatable bonds is 3. The number of aromatic carboxylic acids is 1. The molecule has 0 bridgehead atoms. The Morgan fingerprint density at radius 2 is 1.89 bits per heavy atom. The molecule has 0 aromatic heterocycles. The standard InChI is InChI=1S/C8H4ClF3O5S/c9-18(15,16)4-1-2-6(17-8(10,11)12)5(3-4)7(13)14/h1-3H,(H,13,14). The molecule has 0 amide bonds. The van der Waals surface area contributed by atoms with E-state index in [0.29, 0.717) is 18.2 Å². The van der Waals surface area contributed by atoms with Crippen LogP contribution in [0.1, 0.15) is 10.4 Å². The van der Waals surface area contributed by atoms with Crippen LogP contribution in [0.2, 0.25) is 0 Å². The van der Waals surface area contributed by atoms with E-state index in [9.17, 15) is 26.4 Å². The number of hydrogen-bond acceptors (Lipinski definition) is 4. The van der Waals surface area contributed by atoms with E-state index in [1.54, 1.807) is 0 Å². The van der Waals surface area contributed by atoms with Gasteiger partial charge in [-0.2, -0.15) is 0 Å². The van der Waals surface area contributed by atoms with Crippen LogP contribution in [0.15, 0.2) is 23.1 Å². The van der Waals surface area contributed by atoms with Crippen molar-refractivity contribution in [2.75, 3.05) is 0 Å². The maximum Gasteiger partial charge on any atom is 0.573 e. The highest BCUT2D eigenvalue weighted by molar-refractivity contribution is 8.13. The second kappa shape index (κ2) is 4.65. The summed E-state index contributed by atoms with van der Waals surface area (Å²) in [6.45, 7) is 0. The molecule has 18 heavy (non-hydrogen) atoms. The summed E-state index contributed by atoms with van der Waals surface area (Å²) >= 11 is 0. The van der Waals surface area contributed by atoms with Gasteiger partial charge in [0.1, 0.15) is 11.3 Å². The van der Waals surface area contributed by atoms with Crippen LogP contribution < -0.4 is 4.74 Å². The van der Waals surface area contributed by atoms with Crippen LogP contribution in [0.25, 0.3) is 0 Å². The number of carbonyl (C=O) groups is 1. The first-order chi connectivity index (χ1) is 8.00. The molecule has 0 saturated heterocycles. The Morgan fingerprint density at radius 1 is 1.33 bits per heavy atom. The Balaban J connectivity index is 3.35. The van der Waals surface area contributed by atoms with Gasteiger partial charge < -0.3 is 9.84 Å². The first-order valence-corrected chi connectivity index (χ1v) is 6.39. The second-order valence-electron chi connectivity index (χ2n) is 2.95. The summed E-state index contributed by atoms with van der Waals surface area (Å²) in [5.41, 5.74) is -0.964. The van der Waals surface area contributed by atoms with Crippen molar-refractivity contribution in [3.05, 3.63) is 23.8 Å². The zero-order chi connectivity index (χ0) is 14.1. The number of hydrogen-bond donors (Lipinski definition) is 1. The van der Waals surface area contributed by atoms with Crippen LogP contribution in [0.4, 0.5) is 13.2 Å². The molecule has 1 rings (SSSR count). The molecule has 0 aliphatic rings. The van der Waals surface area contributed by atoms with Crippen molar-refractivity contribution in [2.24, 2.45) is 0 Å². The first-order valence-electron chi connectivity index (χ1n) is 4.08. The molecule has 0 fully saturated rings. The van der Waals surface area contributed by atoms with Gasteiger partial charge in [0, 0.05) is 10.7 Å². The summed E-state index contributed by atoms with van der Waals surface area (Å²) in [6, 6.07) is 1.74. The summed E-state index contributed by atoms with van der Waals surface area (Å²) in [4.78, 5) is 10.1. The number of carboxylic acids is 1. The third kappa shape index (κ3) is 3.77. The third-order valence-corrected chi connectivity index (χ3v) is 3.04. The molecule has 0 aliphatic carbocycles. The molecule has 10 heteroatoms. The lowest BCUT2D eigenvalue weighted by atomic mass is 10.2. The molecule has 0 aliphatic heterocycles. The Kier molecular flexibility index (Phi) is 3.77. The smallest absolute Gasteiger partial charge is 0.478 e. The second-order valence-corrected chi connectivity index (χ2v) is 5.51. The molecule has 0 radical (unpaired) electrons. The maximum absolute atomic E-state index is 12.0. The van der Waals surface area contributed by atoms with Crippen LogP contribution in [0.5, 0.6) is 5.75 Å². The number of alkyl halides is 3. The van der Waals surface area contributed by atoms with Gasteiger partial charge in [0.2, 0.25) is 0 Å². The average molecular weight is 305 g/mol. The van der Waals surface area contributed by atoms with Crippen molar-refractivity contribution in [2.45, 2.75) is 11.3 Å². The fourth-order valence-electron chi connectivity index (χ4n) is 1.04. The molecule has 1 aromatic rings. The van der Waals surface area contributed by atoms with E-state index in [1.165, 1.54) is 0 Å². The minimum atomic E-state index is -5.09. The lowest BCUT2D eigenvalue weighted by Crippen LogP contribution is -2.19. The molecule has 0 atom stereocenters. The fraction of sp³-hybridized carbons (Fsp3) is 0.125. The van der Waals surface area contributed by atoms with Crippen molar-refractivity contribution in [3.8, 4) is 5.75 Å². The summed E-state index contributed by atoms with van der Waals surface area (Å²) < 4.78 is 61.1. The van der Waals surface area contributed by atoms with Crippen molar-refractivity contribution >= 4 is 25.7 Å². The Labute approximate surface area is 103 Å². The molecule has 5 nitrogen and oxygen atoms in total. The van der Waals surface area contributed by atoms with Gasteiger partial charge in [-0.1, -0.05) is 0 Å². The van der Waals surface area contributed by atoms with Gasteiger partial charge in [0.15, 0.2) is 0 Å². The highest BCUT2D eigenvalue weighted by Gasteiger charge is 2.33. The van der Waals surface area contributed by atoms with Gasteiger partial charge in [-0.3, -0.25) is 0 Å². The highest BCUT2D eigenvalue weighted by Crippen LogP contribution is 2.29. The average Bonchev–Trinajstić information content (AvgIpc) is 2.13. The Bertz CT molecular complexity index is 581. The van der Waals surface area contributed by atoms with Gasteiger partial charge in [0.25, 0.3) is 9.05 Å². The maximum atomic E-state index is 12.0. The third-order valence-electron chi connectivity index (χ3n) is 1.69. The molecule has 1 N–H and O–H groups in total. The van der Waals surface area contributed by atoms with Crippen LogP contribution in [0, 0.1) is 0 Å². The highest BCUT2D eigenvalue weighted by atomic mass is 35.7. The zero-order valence-electron chi connectivity index (χ0n) is 8.23. The van der Waals surface area contributed by atoms with Crippen LogP contribution in [0.3, 0.4) is 0 Å². The van der Waals surface area contributed by atoms with E-state index in [4.69, 9.17) is 15.8 Å². The SMILES string of the molecule is O=C(O)c1cc(S(=O)(=O)Cl)ccc1OC(F)(F)F. The number of ether oxygens (including phenoxy) is 1. The van der Waals surface area contributed by atoms with Crippen LogP contribution in [-0.4, -0.2) is 25.9 Å². The monoisotopic (exact) mass is 304 g/mol. The van der Waals surface area contributed by atoms with E-state index in [2.05, 4.69) is 4.74 Å². The topological polar surface area (TPSA) is 80.7 Å². The van der Waals surface area contributed by atoms with Crippen molar-refractivity contribution < 1.29 is 36.2 Å². The van der Waals surface area contributed by atoms with Gasteiger partial charge in [-0.05, 0) is 18.2 Å². The Morgan fingerprint density at radius 3 is 2.28 bits per heavy atom. The van der Waals surface area contributed by atoms with Crippen LogP contribution in [-0.2, 0) is 9.05 Å². The lowest BCUT2D eigenvalue weighted by molar-refractivity contribution is -0.274. The summed E-state index contributed by atoms with van der Waals surface area (Å²) in [5, 5.41) is 8.67. The molecule has 1 aromatic carbocycles. The molecular weight excluding hydrogens is 301 g/mol. The fourth-order valence-corrected chi connectivity index (χ4v) is 1.82. The van der Waals surface area contributed by atoms with Gasteiger partial charge in [-0.25, -0.2) is 13.2 Å². The molecule has 100 valence electrons. The predicted molar refractivity (Wildman–Crippen MR) is 53.1 cm³/mol. The quantitative estimate of drug-likeness (QED) is 0.866. The van der Waals surface area contributed by atoms with E-state index in [-0.39, 0.29) is 0 Å². The summed E-state index contributed by atoms with van der Waals surface area (Å²) in [5.74, 6) is -2.81. The van der Waals surface area contributed by atoms with Gasteiger partial charge >= 0.3 is 12.3 Å². The predicted octanol–water partition coefficient (Wildman–Crippen LogP) is 2.21. The zero-order valence-corrected chi connectivity index (χ0v) is 9.80. The van der Waals surface area contributed by atoms with Crippen molar-refractivity contribution in [3.63, 3.8) is 0 Å². The van der Waals surface area contributed by atoms with Crippen molar-refractivity contribution in [1.82, 2.24) is 0 Å². The largest absolute Gasteiger partial charge is 0.573 e. The van der Waals surface area contributed by atoms with E-state index in [0.717, 1.165) is 0 Å². The van der Waals surface area contributed by atoms with Gasteiger partial charge in [0.05, 0.1) is 4.90 Å². The molecule has 0 unspecified atom stereocenters. The van der Waals surface area contributed by atoms with E-state index >= 15 is 0 Å². The van der Waals surface area contributed by atoms with Crippen molar-refractivity contribution in [1.29, 1.82) is 0 Å².